The number of benzene rings is 1. The van der Waals surface area contributed by atoms with E-state index in [1.807, 2.05) is 0 Å². The van der Waals surface area contributed by atoms with Crippen molar-refractivity contribution >= 4 is 48.3 Å². The van der Waals surface area contributed by atoms with Crippen LogP contribution < -0.4 is 15.4 Å². The highest BCUT2D eigenvalue weighted by atomic mass is 32.2. The molecule has 2 aliphatic heterocycles. The maximum Gasteiger partial charge on any atom is 0.280 e. The number of ether oxygens (including phenoxy) is 3. The first-order valence-corrected chi connectivity index (χ1v) is 16.0. The summed E-state index contributed by atoms with van der Waals surface area (Å²) in [6, 6.07) is 9.89. The van der Waals surface area contributed by atoms with Gasteiger partial charge < -0.3 is 24.4 Å². The predicted molar refractivity (Wildman–Crippen MR) is 154 cm³/mol. The molecule has 2 saturated heterocycles. The van der Waals surface area contributed by atoms with Crippen LogP contribution in [0.3, 0.4) is 0 Å². The van der Waals surface area contributed by atoms with Gasteiger partial charge in [-0.15, -0.1) is 0 Å². The van der Waals surface area contributed by atoms with Crippen LogP contribution in [0, 0.1) is 0 Å². The van der Waals surface area contributed by atoms with E-state index in [1.54, 1.807) is 24.3 Å². The van der Waals surface area contributed by atoms with Crippen molar-refractivity contribution in [3.05, 3.63) is 42.0 Å². The van der Waals surface area contributed by atoms with E-state index in [1.165, 1.54) is 30.6 Å². The van der Waals surface area contributed by atoms with Crippen molar-refractivity contribution < 1.29 is 32.3 Å². The number of carbonyl (C=O) groups is 1. The van der Waals surface area contributed by atoms with Gasteiger partial charge in [0.1, 0.15) is 17.0 Å². The molecule has 0 radical (unpaired) electrons. The van der Waals surface area contributed by atoms with Crippen LogP contribution in [0.4, 0.5) is 5.13 Å². The molecule has 0 bridgehead atoms. The van der Waals surface area contributed by atoms with Gasteiger partial charge in [-0.3, -0.25) is 10.1 Å². The van der Waals surface area contributed by atoms with E-state index < -0.39 is 15.7 Å². The van der Waals surface area contributed by atoms with E-state index >= 15 is 0 Å². The number of aromatic nitrogens is 2. The average molecular weight is 604 g/mol. The highest BCUT2D eigenvalue weighted by Crippen LogP contribution is 2.27. The van der Waals surface area contributed by atoms with Gasteiger partial charge in [0, 0.05) is 37.8 Å². The van der Waals surface area contributed by atoms with Crippen molar-refractivity contribution in [2.45, 2.75) is 42.7 Å². The molecule has 2 fully saturated rings. The number of methoxy groups -OCH3 is 1. The van der Waals surface area contributed by atoms with E-state index in [0.29, 0.717) is 72.2 Å². The van der Waals surface area contributed by atoms with E-state index in [4.69, 9.17) is 19.0 Å². The zero-order chi connectivity index (χ0) is 28.7. The van der Waals surface area contributed by atoms with E-state index in [2.05, 4.69) is 25.8 Å². The molecule has 1 amide bonds. The van der Waals surface area contributed by atoms with Gasteiger partial charge in [0.25, 0.3) is 5.91 Å². The Balaban J connectivity index is 1.31. The molecule has 3 aromatic rings. The van der Waals surface area contributed by atoms with E-state index in [9.17, 15) is 13.2 Å². The van der Waals surface area contributed by atoms with E-state index in [0.717, 1.165) is 19.4 Å². The minimum Gasteiger partial charge on any atom is -0.476 e. The Morgan fingerprint density at radius 1 is 1.20 bits per heavy atom. The normalized spacial score (nSPS) is 19.5. The fraction of sp³-hybridized carbons (Fsp3) is 0.481. The molecule has 0 spiro atoms. The molecule has 0 aliphatic carbocycles. The third kappa shape index (κ3) is 7.77. The van der Waals surface area contributed by atoms with Crippen molar-refractivity contribution in [1.29, 1.82) is 0 Å². The summed E-state index contributed by atoms with van der Waals surface area (Å²) in [4.78, 5) is 28.8. The summed E-state index contributed by atoms with van der Waals surface area (Å²) >= 11 is 1.21. The van der Waals surface area contributed by atoms with Crippen molar-refractivity contribution in [1.82, 2.24) is 15.3 Å². The molecular weight excluding hydrogens is 570 g/mol. The highest BCUT2D eigenvalue weighted by molar-refractivity contribution is 7.91. The maximum absolute atomic E-state index is 13.4. The lowest BCUT2D eigenvalue weighted by Crippen LogP contribution is -2.28. The fourth-order valence-electron chi connectivity index (χ4n) is 4.46. The second-order valence-corrected chi connectivity index (χ2v) is 12.9. The van der Waals surface area contributed by atoms with Crippen LogP contribution in [0.2, 0.25) is 0 Å². The number of nitrogens with zero attached hydrogens (tertiary/aromatic N) is 3. The SMILES string of the molecule is COCCCS(=O)(=O)c1ccc(C(=NO[C@@H]2CCOC2)C(=O)Nc2nc3ccc(OC[C@@H]4CCCN4)nc3s2)cc1. The zero-order valence-electron chi connectivity index (χ0n) is 22.7. The summed E-state index contributed by atoms with van der Waals surface area (Å²) < 4.78 is 41.4. The van der Waals surface area contributed by atoms with Crippen molar-refractivity contribution in [2.24, 2.45) is 5.16 Å². The molecule has 220 valence electrons. The Morgan fingerprint density at radius 3 is 2.78 bits per heavy atom. The third-order valence-electron chi connectivity index (χ3n) is 6.69. The van der Waals surface area contributed by atoms with Gasteiger partial charge in [0.15, 0.2) is 26.8 Å². The highest BCUT2D eigenvalue weighted by Gasteiger charge is 2.23. The van der Waals surface area contributed by atoms with Crippen LogP contribution in [0.1, 0.15) is 31.2 Å². The first kappa shape index (κ1) is 29.3. The molecule has 4 heterocycles. The van der Waals surface area contributed by atoms with Crippen molar-refractivity contribution in [2.75, 3.05) is 51.2 Å². The fourth-order valence-corrected chi connectivity index (χ4v) is 6.56. The second-order valence-electron chi connectivity index (χ2n) is 9.77. The zero-order valence-corrected chi connectivity index (χ0v) is 24.3. The van der Waals surface area contributed by atoms with E-state index in [-0.39, 0.29) is 22.5 Å². The first-order valence-electron chi connectivity index (χ1n) is 13.5. The Kier molecular flexibility index (Phi) is 9.77. The molecule has 1 aromatic carbocycles. The summed E-state index contributed by atoms with van der Waals surface area (Å²) in [7, 11) is -1.97. The van der Waals surface area contributed by atoms with Crippen LogP contribution >= 0.6 is 11.3 Å². The number of nitrogens with one attached hydrogen (secondary N) is 2. The van der Waals surface area contributed by atoms with Gasteiger partial charge in [-0.05, 0) is 44.0 Å². The van der Waals surface area contributed by atoms with Gasteiger partial charge in [0.05, 0.1) is 23.9 Å². The number of carbonyl (C=O) groups excluding carboxylic acids is 1. The molecule has 12 nitrogen and oxygen atoms in total. The Bertz CT molecular complexity index is 1460. The summed E-state index contributed by atoms with van der Waals surface area (Å²) in [5, 5.41) is 10.7. The lowest BCUT2D eigenvalue weighted by Gasteiger charge is -2.10. The molecule has 5 rings (SSSR count). The maximum atomic E-state index is 13.4. The standard InChI is InChI=1S/C27H33N5O7S2/c1-36-13-3-15-41(34,35)21-7-5-18(6-8-21)24(32-39-20-11-14-37-17-20)25(33)31-27-29-22-9-10-23(30-26(22)40-27)38-16-19-4-2-12-28-19/h5-10,19-20,28H,2-4,11-17H2,1H3,(H,29,31,33)/t19-,20+/m0/s1. The van der Waals surface area contributed by atoms with Gasteiger partial charge in [-0.2, -0.15) is 0 Å². The minimum absolute atomic E-state index is 0.0134. The molecule has 0 saturated carbocycles. The van der Waals surface area contributed by atoms with Gasteiger partial charge in [0.2, 0.25) is 5.88 Å². The van der Waals surface area contributed by atoms with Crippen LogP contribution in [0.15, 0.2) is 46.4 Å². The second kappa shape index (κ2) is 13.7. The predicted octanol–water partition coefficient (Wildman–Crippen LogP) is 2.78. The molecule has 14 heteroatoms. The monoisotopic (exact) mass is 603 g/mol. The number of fused-ring (bicyclic) bond motifs is 1. The van der Waals surface area contributed by atoms with Crippen molar-refractivity contribution in [3.8, 4) is 5.88 Å². The molecule has 0 unspecified atom stereocenters. The number of anilines is 1. The van der Waals surface area contributed by atoms with Crippen LogP contribution in [0.5, 0.6) is 5.88 Å². The topological polar surface area (TPSA) is 150 Å². The lowest BCUT2D eigenvalue weighted by atomic mass is 10.1. The molecular formula is C27H33N5O7S2. The largest absolute Gasteiger partial charge is 0.476 e. The van der Waals surface area contributed by atoms with Crippen LogP contribution in [0.25, 0.3) is 10.3 Å². The number of hydrogen-bond acceptors (Lipinski definition) is 12. The Hall–Kier alpha value is -3.17. The molecule has 2 aromatic heterocycles. The quantitative estimate of drug-likeness (QED) is 0.170. The van der Waals surface area contributed by atoms with Crippen LogP contribution in [-0.2, 0) is 28.9 Å². The average Bonchev–Trinajstić information content (AvgIpc) is 3.75. The summed E-state index contributed by atoms with van der Waals surface area (Å²) in [6.07, 6.45) is 2.98. The number of thiazole rings is 1. The lowest BCUT2D eigenvalue weighted by molar-refractivity contribution is -0.110. The van der Waals surface area contributed by atoms with Gasteiger partial charge in [-0.1, -0.05) is 28.6 Å². The number of hydrogen-bond donors (Lipinski definition) is 2. The summed E-state index contributed by atoms with van der Waals surface area (Å²) in [5.74, 6) is -0.0932. The molecule has 41 heavy (non-hydrogen) atoms. The number of oxime groups is 1. The number of amides is 1. The summed E-state index contributed by atoms with van der Waals surface area (Å²) in [6.45, 7) is 2.83. The van der Waals surface area contributed by atoms with Crippen molar-refractivity contribution in [3.63, 3.8) is 0 Å². The van der Waals surface area contributed by atoms with Gasteiger partial charge in [-0.25, -0.2) is 18.4 Å². The molecule has 2 N–H and O–H groups in total. The minimum atomic E-state index is -3.49. The number of pyridine rings is 1. The smallest absolute Gasteiger partial charge is 0.280 e. The Morgan fingerprint density at radius 2 is 2.05 bits per heavy atom. The molecule has 2 aliphatic rings. The first-order chi connectivity index (χ1) is 19.9. The van der Waals surface area contributed by atoms with Gasteiger partial charge >= 0.3 is 0 Å². The number of rotatable bonds is 13. The molecule has 2 atom stereocenters. The summed E-state index contributed by atoms with van der Waals surface area (Å²) in [5.41, 5.74) is 1.01. The van der Waals surface area contributed by atoms with Crippen LogP contribution in [-0.4, -0.2) is 88.0 Å². The number of sulfone groups is 1. The Labute approximate surface area is 242 Å². The third-order valence-corrected chi connectivity index (χ3v) is 9.39.